The molecule has 0 aliphatic carbocycles. The predicted octanol–water partition coefficient (Wildman–Crippen LogP) is 0.640. The van der Waals surface area contributed by atoms with Gasteiger partial charge in [0.1, 0.15) is 0 Å². The number of urea groups is 1. The zero-order valence-corrected chi connectivity index (χ0v) is 8.49. The Morgan fingerprint density at radius 3 is 2.43 bits per heavy atom. The maximum atomic E-state index is 10.8. The molecule has 0 radical (unpaired) electrons. The summed E-state index contributed by atoms with van der Waals surface area (Å²) in [4.78, 5) is 23.2. The van der Waals surface area contributed by atoms with E-state index in [-0.39, 0.29) is 6.04 Å². The number of primary amides is 1. The van der Waals surface area contributed by atoms with Gasteiger partial charge in [-0.1, -0.05) is 0 Å². The quantitative estimate of drug-likeness (QED) is 0.701. The highest BCUT2D eigenvalue weighted by molar-refractivity contribution is 5.75. The van der Waals surface area contributed by atoms with Crippen LogP contribution in [0.2, 0.25) is 0 Å². The van der Waals surface area contributed by atoms with Crippen molar-refractivity contribution in [3.05, 3.63) is 0 Å². The molecule has 0 aromatic carbocycles. The van der Waals surface area contributed by atoms with Crippen LogP contribution in [0.1, 0.15) is 26.7 Å². The van der Waals surface area contributed by atoms with Crippen molar-refractivity contribution in [2.45, 2.75) is 32.7 Å². The molecular weight excluding hydrogens is 184 g/mol. The van der Waals surface area contributed by atoms with Crippen LogP contribution in [0.5, 0.6) is 0 Å². The fourth-order valence-electron chi connectivity index (χ4n) is 1.62. The first kappa shape index (κ1) is 10.8. The molecule has 1 aliphatic heterocycles. The van der Waals surface area contributed by atoms with Gasteiger partial charge in [0.15, 0.2) is 0 Å². The van der Waals surface area contributed by atoms with Crippen LogP contribution >= 0.6 is 0 Å². The molecule has 3 N–H and O–H groups in total. The summed E-state index contributed by atoms with van der Waals surface area (Å²) >= 11 is 0. The molecule has 1 heterocycles. The maximum Gasteiger partial charge on any atom is 0.315 e. The third-order valence-electron chi connectivity index (χ3n) is 2.75. The monoisotopic (exact) mass is 200 g/mol. The van der Waals surface area contributed by atoms with E-state index in [4.69, 9.17) is 10.8 Å². The molecule has 5 nitrogen and oxygen atoms in total. The zero-order chi connectivity index (χ0) is 10.9. The Morgan fingerprint density at radius 2 is 2.14 bits per heavy atom. The number of carbonyl (C=O) groups excluding carboxylic acids is 1. The molecule has 1 rings (SSSR count). The van der Waals surface area contributed by atoms with Gasteiger partial charge >= 0.3 is 12.0 Å². The standard InChI is InChI=1S/C9H16N2O3/c1-9(2,7(12)13)5-6-3-4-11(6)8(10)14/h6H,3-5H2,1-2H3,(H2,10,14)(H,12,13). The van der Waals surface area contributed by atoms with Crippen LogP contribution in [0.3, 0.4) is 0 Å². The van der Waals surface area contributed by atoms with E-state index < -0.39 is 17.4 Å². The summed E-state index contributed by atoms with van der Waals surface area (Å²) in [5.74, 6) is -0.839. The third kappa shape index (κ3) is 1.97. The Balaban J connectivity index is 2.53. The second kappa shape index (κ2) is 3.48. The summed E-state index contributed by atoms with van der Waals surface area (Å²) in [6.07, 6.45) is 1.31. The summed E-state index contributed by atoms with van der Waals surface area (Å²) in [7, 11) is 0. The number of likely N-dealkylation sites (tertiary alicyclic amines) is 1. The lowest BCUT2D eigenvalue weighted by Gasteiger charge is -2.42. The van der Waals surface area contributed by atoms with Gasteiger partial charge in [-0.3, -0.25) is 4.79 Å². The Kier molecular flexibility index (Phi) is 2.69. The van der Waals surface area contributed by atoms with E-state index in [0.717, 1.165) is 6.42 Å². The molecule has 0 saturated carbocycles. The number of hydrogen-bond acceptors (Lipinski definition) is 2. The molecule has 0 spiro atoms. The van der Waals surface area contributed by atoms with Crippen LogP contribution in [0.15, 0.2) is 0 Å². The average Bonchev–Trinajstić information content (AvgIpc) is 1.97. The van der Waals surface area contributed by atoms with Gasteiger partial charge in [0.2, 0.25) is 0 Å². The number of nitrogens with two attached hydrogens (primary N) is 1. The maximum absolute atomic E-state index is 10.8. The Bertz CT molecular complexity index is 263. The van der Waals surface area contributed by atoms with E-state index in [9.17, 15) is 9.59 Å². The van der Waals surface area contributed by atoms with Crippen LogP contribution in [0.4, 0.5) is 4.79 Å². The number of aliphatic carboxylic acids is 1. The van der Waals surface area contributed by atoms with E-state index in [1.807, 2.05) is 0 Å². The Hall–Kier alpha value is -1.26. The number of carboxylic acid groups (broad SMARTS) is 1. The SMILES string of the molecule is CC(C)(CC1CCN1C(N)=O)C(=O)O. The largest absolute Gasteiger partial charge is 0.481 e. The number of rotatable bonds is 3. The molecule has 14 heavy (non-hydrogen) atoms. The topological polar surface area (TPSA) is 83.6 Å². The number of nitrogens with zero attached hydrogens (tertiary/aromatic N) is 1. The number of carboxylic acids is 1. The normalized spacial score (nSPS) is 21.6. The second-order valence-corrected chi connectivity index (χ2v) is 4.37. The fraction of sp³-hybridized carbons (Fsp3) is 0.778. The first-order valence-corrected chi connectivity index (χ1v) is 4.64. The lowest BCUT2D eigenvalue weighted by atomic mass is 9.82. The molecule has 1 aliphatic rings. The highest BCUT2D eigenvalue weighted by atomic mass is 16.4. The molecule has 1 fully saturated rings. The lowest BCUT2D eigenvalue weighted by Crippen LogP contribution is -2.55. The van der Waals surface area contributed by atoms with Crippen molar-refractivity contribution in [1.82, 2.24) is 4.90 Å². The minimum absolute atomic E-state index is 0.00130. The van der Waals surface area contributed by atoms with Crippen molar-refractivity contribution >= 4 is 12.0 Å². The Labute approximate surface area is 82.9 Å². The molecule has 2 amide bonds. The number of amides is 2. The van der Waals surface area contributed by atoms with Gasteiger partial charge in [-0.05, 0) is 26.7 Å². The Morgan fingerprint density at radius 1 is 1.57 bits per heavy atom. The van der Waals surface area contributed by atoms with Crippen LogP contribution < -0.4 is 5.73 Å². The second-order valence-electron chi connectivity index (χ2n) is 4.37. The summed E-state index contributed by atoms with van der Waals surface area (Å²) < 4.78 is 0. The molecular formula is C9H16N2O3. The third-order valence-corrected chi connectivity index (χ3v) is 2.75. The van der Waals surface area contributed by atoms with Crippen molar-refractivity contribution in [3.8, 4) is 0 Å². The van der Waals surface area contributed by atoms with Crippen LogP contribution in [0.25, 0.3) is 0 Å². The van der Waals surface area contributed by atoms with Crippen molar-refractivity contribution in [2.24, 2.45) is 11.1 Å². The van der Waals surface area contributed by atoms with E-state index in [1.165, 1.54) is 4.90 Å². The van der Waals surface area contributed by atoms with Crippen LogP contribution in [-0.2, 0) is 4.79 Å². The summed E-state index contributed by atoms with van der Waals surface area (Å²) in [5, 5.41) is 8.90. The van der Waals surface area contributed by atoms with E-state index in [1.54, 1.807) is 13.8 Å². The van der Waals surface area contributed by atoms with E-state index in [2.05, 4.69) is 0 Å². The van der Waals surface area contributed by atoms with Gasteiger partial charge in [0.05, 0.1) is 5.41 Å². The molecule has 1 atom stereocenters. The van der Waals surface area contributed by atoms with Crippen molar-refractivity contribution in [2.75, 3.05) is 6.54 Å². The van der Waals surface area contributed by atoms with Crippen LogP contribution in [-0.4, -0.2) is 34.6 Å². The smallest absolute Gasteiger partial charge is 0.315 e. The van der Waals surface area contributed by atoms with Crippen molar-refractivity contribution < 1.29 is 14.7 Å². The summed E-state index contributed by atoms with van der Waals surface area (Å²) in [5.41, 5.74) is 4.33. The number of hydrogen-bond donors (Lipinski definition) is 2. The van der Waals surface area contributed by atoms with E-state index in [0.29, 0.717) is 13.0 Å². The number of carbonyl (C=O) groups is 2. The van der Waals surface area contributed by atoms with Gasteiger partial charge in [-0.25, -0.2) is 4.79 Å². The average molecular weight is 200 g/mol. The van der Waals surface area contributed by atoms with Crippen LogP contribution in [0, 0.1) is 5.41 Å². The van der Waals surface area contributed by atoms with Crippen molar-refractivity contribution in [3.63, 3.8) is 0 Å². The minimum atomic E-state index is -0.839. The van der Waals surface area contributed by atoms with Gasteiger partial charge in [0, 0.05) is 12.6 Å². The molecule has 5 heteroatoms. The molecule has 1 saturated heterocycles. The van der Waals surface area contributed by atoms with Gasteiger partial charge < -0.3 is 15.7 Å². The molecule has 1 unspecified atom stereocenters. The first-order chi connectivity index (χ1) is 6.34. The fourth-order valence-corrected chi connectivity index (χ4v) is 1.62. The predicted molar refractivity (Wildman–Crippen MR) is 50.7 cm³/mol. The molecule has 0 aromatic heterocycles. The molecule has 0 bridgehead atoms. The minimum Gasteiger partial charge on any atom is -0.481 e. The van der Waals surface area contributed by atoms with Gasteiger partial charge in [-0.15, -0.1) is 0 Å². The molecule has 80 valence electrons. The van der Waals surface area contributed by atoms with Crippen molar-refractivity contribution in [1.29, 1.82) is 0 Å². The zero-order valence-electron chi connectivity index (χ0n) is 8.49. The van der Waals surface area contributed by atoms with Gasteiger partial charge in [-0.2, -0.15) is 0 Å². The highest BCUT2D eigenvalue weighted by Gasteiger charge is 2.38. The first-order valence-electron chi connectivity index (χ1n) is 4.64. The summed E-state index contributed by atoms with van der Waals surface area (Å²) in [6, 6.07) is -0.457. The molecule has 0 aromatic rings. The highest BCUT2D eigenvalue weighted by Crippen LogP contribution is 2.30. The lowest BCUT2D eigenvalue weighted by molar-refractivity contribution is -0.148. The summed E-state index contributed by atoms with van der Waals surface area (Å²) in [6.45, 7) is 3.97. The van der Waals surface area contributed by atoms with E-state index >= 15 is 0 Å². The van der Waals surface area contributed by atoms with Gasteiger partial charge in [0.25, 0.3) is 0 Å².